The first-order chi connectivity index (χ1) is 9.56. The van der Waals surface area contributed by atoms with Crippen molar-refractivity contribution in [3.63, 3.8) is 0 Å². The first-order valence-corrected chi connectivity index (χ1v) is 7.37. The Balaban J connectivity index is 2.03. The van der Waals surface area contributed by atoms with Crippen molar-refractivity contribution in [1.29, 1.82) is 0 Å². The summed E-state index contributed by atoms with van der Waals surface area (Å²) in [5, 5.41) is 0. The SMILES string of the molecule is NC(c1ccc2c(c1)CCC2)c1c(F)cc(Br)cc1F. The fraction of sp³-hybridized carbons (Fsp3) is 0.250. The molecule has 104 valence electrons. The number of hydrogen-bond acceptors (Lipinski definition) is 1. The van der Waals surface area contributed by atoms with E-state index in [0.29, 0.717) is 4.47 Å². The maximum Gasteiger partial charge on any atom is 0.132 e. The molecule has 2 aromatic carbocycles. The van der Waals surface area contributed by atoms with E-state index in [1.165, 1.54) is 23.3 Å². The summed E-state index contributed by atoms with van der Waals surface area (Å²) < 4.78 is 28.3. The van der Waals surface area contributed by atoms with Crippen LogP contribution in [0.5, 0.6) is 0 Å². The van der Waals surface area contributed by atoms with Crippen LogP contribution < -0.4 is 5.73 Å². The van der Waals surface area contributed by atoms with Crippen molar-refractivity contribution in [3.05, 3.63) is 68.7 Å². The summed E-state index contributed by atoms with van der Waals surface area (Å²) >= 11 is 3.07. The largest absolute Gasteiger partial charge is 0.320 e. The summed E-state index contributed by atoms with van der Waals surface area (Å²) in [5.41, 5.74) is 9.31. The third kappa shape index (κ3) is 2.38. The highest BCUT2D eigenvalue weighted by molar-refractivity contribution is 9.10. The van der Waals surface area contributed by atoms with Crippen molar-refractivity contribution >= 4 is 15.9 Å². The van der Waals surface area contributed by atoms with Gasteiger partial charge in [-0.3, -0.25) is 0 Å². The Kier molecular flexibility index (Phi) is 3.61. The average molecular weight is 338 g/mol. The predicted octanol–water partition coefficient (Wildman–Crippen LogP) is 4.26. The van der Waals surface area contributed by atoms with Crippen LogP contribution in [-0.2, 0) is 12.8 Å². The average Bonchev–Trinajstić information content (AvgIpc) is 2.84. The molecule has 2 N–H and O–H groups in total. The normalized spacial score (nSPS) is 15.2. The Morgan fingerprint density at radius 2 is 1.65 bits per heavy atom. The molecule has 1 nitrogen and oxygen atoms in total. The molecular formula is C16H14BrF2N. The molecule has 0 amide bonds. The molecule has 4 heteroatoms. The molecule has 1 aliphatic carbocycles. The lowest BCUT2D eigenvalue weighted by molar-refractivity contribution is 0.542. The van der Waals surface area contributed by atoms with Crippen molar-refractivity contribution < 1.29 is 8.78 Å². The van der Waals surface area contributed by atoms with Gasteiger partial charge in [0, 0.05) is 10.0 Å². The van der Waals surface area contributed by atoms with Gasteiger partial charge in [-0.25, -0.2) is 8.78 Å². The van der Waals surface area contributed by atoms with Crippen molar-refractivity contribution in [2.75, 3.05) is 0 Å². The second kappa shape index (κ2) is 5.26. The van der Waals surface area contributed by atoms with Crippen LogP contribution in [0.3, 0.4) is 0 Å². The van der Waals surface area contributed by atoms with E-state index in [0.717, 1.165) is 24.8 Å². The van der Waals surface area contributed by atoms with Crippen molar-refractivity contribution in [1.82, 2.24) is 0 Å². The van der Waals surface area contributed by atoms with Gasteiger partial charge in [0.1, 0.15) is 11.6 Å². The molecule has 0 aliphatic heterocycles. The van der Waals surface area contributed by atoms with E-state index in [2.05, 4.69) is 15.9 Å². The van der Waals surface area contributed by atoms with Crippen molar-refractivity contribution in [2.24, 2.45) is 5.73 Å². The molecule has 20 heavy (non-hydrogen) atoms. The van der Waals surface area contributed by atoms with Gasteiger partial charge in [0.2, 0.25) is 0 Å². The zero-order valence-corrected chi connectivity index (χ0v) is 12.4. The zero-order valence-electron chi connectivity index (χ0n) is 10.8. The first kappa shape index (κ1) is 13.7. The summed E-state index contributed by atoms with van der Waals surface area (Å²) in [6.07, 6.45) is 3.22. The van der Waals surface area contributed by atoms with Gasteiger partial charge in [-0.05, 0) is 48.1 Å². The number of benzene rings is 2. The summed E-state index contributed by atoms with van der Waals surface area (Å²) in [6.45, 7) is 0. The number of rotatable bonds is 2. The molecule has 0 saturated carbocycles. The lowest BCUT2D eigenvalue weighted by Gasteiger charge is -2.16. The van der Waals surface area contributed by atoms with Gasteiger partial charge in [-0.15, -0.1) is 0 Å². The number of nitrogens with two attached hydrogens (primary N) is 1. The van der Waals surface area contributed by atoms with E-state index in [1.54, 1.807) is 0 Å². The third-order valence-electron chi connectivity index (χ3n) is 3.84. The standard InChI is InChI=1S/C16H14BrF2N/c17-12-7-13(18)15(14(19)8-12)16(20)11-5-4-9-2-1-3-10(9)6-11/h4-8,16H,1-3,20H2. The fourth-order valence-corrected chi connectivity index (χ4v) is 3.20. The Labute approximate surface area is 124 Å². The molecule has 3 rings (SSSR count). The molecular weight excluding hydrogens is 324 g/mol. The minimum absolute atomic E-state index is 0.0776. The Morgan fingerprint density at radius 3 is 2.35 bits per heavy atom. The first-order valence-electron chi connectivity index (χ1n) is 6.58. The van der Waals surface area contributed by atoms with E-state index >= 15 is 0 Å². The van der Waals surface area contributed by atoms with Crippen LogP contribution in [0.1, 0.15) is 34.7 Å². The maximum atomic E-state index is 14.0. The van der Waals surface area contributed by atoms with E-state index < -0.39 is 17.7 Å². The van der Waals surface area contributed by atoms with Crippen LogP contribution in [-0.4, -0.2) is 0 Å². The van der Waals surface area contributed by atoms with Crippen LogP contribution in [0.25, 0.3) is 0 Å². The molecule has 0 saturated heterocycles. The molecule has 2 aromatic rings. The highest BCUT2D eigenvalue weighted by Crippen LogP contribution is 2.30. The lowest BCUT2D eigenvalue weighted by Crippen LogP contribution is -2.16. The molecule has 0 aromatic heterocycles. The minimum Gasteiger partial charge on any atom is -0.320 e. The van der Waals surface area contributed by atoms with Crippen molar-refractivity contribution in [3.8, 4) is 0 Å². The van der Waals surface area contributed by atoms with E-state index in [1.807, 2.05) is 18.2 Å². The van der Waals surface area contributed by atoms with Crippen molar-refractivity contribution in [2.45, 2.75) is 25.3 Å². The summed E-state index contributed by atoms with van der Waals surface area (Å²) in [4.78, 5) is 0. The molecule has 1 aliphatic rings. The Morgan fingerprint density at radius 1 is 1.00 bits per heavy atom. The summed E-state index contributed by atoms with van der Waals surface area (Å²) in [7, 11) is 0. The van der Waals surface area contributed by atoms with Crippen LogP contribution in [0, 0.1) is 11.6 Å². The lowest BCUT2D eigenvalue weighted by atomic mass is 9.95. The molecule has 0 bridgehead atoms. The molecule has 0 radical (unpaired) electrons. The second-order valence-corrected chi connectivity index (χ2v) is 6.06. The third-order valence-corrected chi connectivity index (χ3v) is 4.29. The van der Waals surface area contributed by atoms with Crippen LogP contribution in [0.15, 0.2) is 34.8 Å². The summed E-state index contributed by atoms with van der Waals surface area (Å²) in [6, 6.07) is 7.57. The van der Waals surface area contributed by atoms with Crippen LogP contribution in [0.4, 0.5) is 8.78 Å². The Bertz CT molecular complexity index is 647. The van der Waals surface area contributed by atoms with Gasteiger partial charge < -0.3 is 5.73 Å². The smallest absolute Gasteiger partial charge is 0.132 e. The topological polar surface area (TPSA) is 26.0 Å². The highest BCUT2D eigenvalue weighted by Gasteiger charge is 2.21. The monoisotopic (exact) mass is 337 g/mol. The molecule has 1 atom stereocenters. The van der Waals surface area contributed by atoms with Crippen LogP contribution >= 0.6 is 15.9 Å². The second-order valence-electron chi connectivity index (χ2n) is 5.14. The van der Waals surface area contributed by atoms with Gasteiger partial charge in [0.15, 0.2) is 0 Å². The number of fused-ring (bicyclic) bond motifs is 1. The van der Waals surface area contributed by atoms with E-state index in [4.69, 9.17) is 5.73 Å². The van der Waals surface area contributed by atoms with Gasteiger partial charge in [-0.1, -0.05) is 34.1 Å². The van der Waals surface area contributed by atoms with E-state index in [-0.39, 0.29) is 5.56 Å². The molecule has 0 spiro atoms. The maximum absolute atomic E-state index is 14.0. The van der Waals surface area contributed by atoms with Gasteiger partial charge >= 0.3 is 0 Å². The van der Waals surface area contributed by atoms with Crippen LogP contribution in [0.2, 0.25) is 0 Å². The van der Waals surface area contributed by atoms with E-state index in [9.17, 15) is 8.78 Å². The molecule has 0 fully saturated rings. The summed E-state index contributed by atoms with van der Waals surface area (Å²) in [5.74, 6) is -1.24. The fourth-order valence-electron chi connectivity index (χ4n) is 2.80. The Hall–Kier alpha value is -1.26. The van der Waals surface area contributed by atoms with Gasteiger partial charge in [-0.2, -0.15) is 0 Å². The quantitative estimate of drug-likeness (QED) is 0.870. The number of halogens is 3. The van der Waals surface area contributed by atoms with Gasteiger partial charge in [0.05, 0.1) is 6.04 Å². The molecule has 0 heterocycles. The predicted molar refractivity (Wildman–Crippen MR) is 78.6 cm³/mol. The minimum atomic E-state index is -0.783. The molecule has 1 unspecified atom stereocenters. The zero-order chi connectivity index (χ0) is 14.3. The number of aryl methyl sites for hydroxylation is 2. The number of hydrogen-bond donors (Lipinski definition) is 1. The van der Waals surface area contributed by atoms with Gasteiger partial charge in [0.25, 0.3) is 0 Å². The highest BCUT2D eigenvalue weighted by atomic mass is 79.9.